The van der Waals surface area contributed by atoms with E-state index in [1.54, 1.807) is 24.4 Å². The van der Waals surface area contributed by atoms with Gasteiger partial charge in [-0.2, -0.15) is 0 Å². The van der Waals surface area contributed by atoms with E-state index < -0.39 is 17.6 Å². The lowest BCUT2D eigenvalue weighted by molar-refractivity contribution is 0.0263. The number of nitrogens with zero attached hydrogens (tertiary/aromatic N) is 4. The minimum atomic E-state index is -0.791. The van der Waals surface area contributed by atoms with Crippen LogP contribution in [0.2, 0.25) is 5.02 Å². The normalized spacial score (nSPS) is 17.3. The number of imidazole rings is 1. The third-order valence-electron chi connectivity index (χ3n) is 6.41. The molecule has 2 atom stereocenters. The maximum Gasteiger partial charge on any atom is 0.260 e. The van der Waals surface area contributed by atoms with Gasteiger partial charge in [0.1, 0.15) is 28.5 Å². The number of benzene rings is 1. The smallest absolute Gasteiger partial charge is 0.260 e. The Morgan fingerprint density at radius 2 is 2.09 bits per heavy atom. The Kier molecular flexibility index (Phi) is 7.19. The predicted octanol–water partition coefficient (Wildman–Crippen LogP) is 4.60. The molecule has 1 aliphatic heterocycles. The van der Waals surface area contributed by atoms with Crippen molar-refractivity contribution in [3.05, 3.63) is 51.9 Å². The highest BCUT2D eigenvalue weighted by atomic mass is 35.5. The molecule has 2 N–H and O–H groups in total. The van der Waals surface area contributed by atoms with Crippen LogP contribution < -0.4 is 10.5 Å². The number of aryl methyl sites for hydroxylation is 1. The maximum absolute atomic E-state index is 15.5. The zero-order valence-electron chi connectivity index (χ0n) is 20.6. The van der Waals surface area contributed by atoms with Gasteiger partial charge in [0, 0.05) is 44.1 Å². The molecule has 188 valence electrons. The lowest BCUT2D eigenvalue weighted by atomic mass is 9.95. The zero-order valence-corrected chi connectivity index (χ0v) is 21.4. The van der Waals surface area contributed by atoms with Crippen molar-refractivity contribution >= 4 is 28.8 Å². The Morgan fingerprint density at radius 1 is 1.34 bits per heavy atom. The summed E-state index contributed by atoms with van der Waals surface area (Å²) in [4.78, 5) is 24.1. The molecule has 1 aliphatic rings. The van der Waals surface area contributed by atoms with Crippen LogP contribution in [-0.4, -0.2) is 57.6 Å². The van der Waals surface area contributed by atoms with Gasteiger partial charge < -0.3 is 20.1 Å². The van der Waals surface area contributed by atoms with E-state index in [1.807, 2.05) is 32.1 Å². The van der Waals surface area contributed by atoms with E-state index in [0.717, 1.165) is 12.8 Å². The fraction of sp³-hybridized carbons (Fsp3) is 0.480. The van der Waals surface area contributed by atoms with Crippen LogP contribution in [0.4, 0.5) is 10.2 Å². The number of likely N-dealkylation sites (tertiary alicyclic amines) is 1. The number of hydrogen-bond acceptors (Lipinski definition) is 6. The van der Waals surface area contributed by atoms with Crippen LogP contribution in [0.5, 0.6) is 5.75 Å². The molecule has 0 saturated carbocycles. The molecule has 3 aromatic rings. The van der Waals surface area contributed by atoms with Gasteiger partial charge in [-0.3, -0.25) is 9.20 Å². The summed E-state index contributed by atoms with van der Waals surface area (Å²) in [6, 6.07) is 1.52. The number of methoxy groups -OCH3 is 1. The molecule has 0 spiro atoms. The molecule has 1 unspecified atom stereocenters. The summed E-state index contributed by atoms with van der Waals surface area (Å²) in [5.74, 6) is -0.465. The van der Waals surface area contributed by atoms with Gasteiger partial charge in [0.2, 0.25) is 0 Å². The molecule has 10 heteroatoms. The number of rotatable bonds is 6. The van der Waals surface area contributed by atoms with Crippen molar-refractivity contribution < 1.29 is 18.7 Å². The SMILES string of the molecule is CO[C@H]1CCCN(C(=O)c2c(F)c(Cl)cc(C(C)c3nc(C)c4c(N)nccn34)c2OC(C)C)C1. The minimum absolute atomic E-state index is 0.0962. The molecule has 0 bridgehead atoms. The number of carbonyl (C=O) groups excluding carboxylic acids is 1. The van der Waals surface area contributed by atoms with E-state index >= 15 is 4.39 Å². The molecule has 1 saturated heterocycles. The number of fused-ring (bicyclic) bond motifs is 1. The first-order chi connectivity index (χ1) is 16.6. The van der Waals surface area contributed by atoms with E-state index in [-0.39, 0.29) is 28.5 Å². The van der Waals surface area contributed by atoms with Gasteiger partial charge >= 0.3 is 0 Å². The lowest BCUT2D eigenvalue weighted by Gasteiger charge is -2.33. The quantitative estimate of drug-likeness (QED) is 0.528. The van der Waals surface area contributed by atoms with Crippen LogP contribution in [-0.2, 0) is 4.74 Å². The number of piperidine rings is 1. The third-order valence-corrected chi connectivity index (χ3v) is 6.68. The highest BCUT2D eigenvalue weighted by Gasteiger charge is 2.33. The Morgan fingerprint density at radius 3 is 2.77 bits per heavy atom. The Bertz CT molecular complexity index is 1260. The van der Waals surface area contributed by atoms with Gasteiger partial charge in [-0.1, -0.05) is 18.5 Å². The van der Waals surface area contributed by atoms with Gasteiger partial charge in [0.15, 0.2) is 5.82 Å². The lowest BCUT2D eigenvalue weighted by Crippen LogP contribution is -2.43. The molecule has 8 nitrogen and oxygen atoms in total. The average molecular weight is 504 g/mol. The van der Waals surface area contributed by atoms with Crippen LogP contribution in [0.15, 0.2) is 18.5 Å². The summed E-state index contributed by atoms with van der Waals surface area (Å²) >= 11 is 6.36. The number of ether oxygens (including phenoxy) is 2. The van der Waals surface area contributed by atoms with E-state index in [0.29, 0.717) is 41.5 Å². The van der Waals surface area contributed by atoms with Gasteiger partial charge in [0.05, 0.1) is 22.9 Å². The van der Waals surface area contributed by atoms with Crippen LogP contribution in [0.1, 0.15) is 67.0 Å². The zero-order chi connectivity index (χ0) is 25.4. The van der Waals surface area contributed by atoms with E-state index in [2.05, 4.69) is 4.98 Å². The van der Waals surface area contributed by atoms with Crippen molar-refractivity contribution in [2.75, 3.05) is 25.9 Å². The summed E-state index contributed by atoms with van der Waals surface area (Å²) in [5, 5.41) is -0.148. The summed E-state index contributed by atoms with van der Waals surface area (Å²) < 4.78 is 28.9. The molecule has 0 radical (unpaired) electrons. The Hall–Kier alpha value is -2.91. The number of hydrogen-bond donors (Lipinski definition) is 1. The predicted molar refractivity (Wildman–Crippen MR) is 133 cm³/mol. The number of halogens is 2. The third kappa shape index (κ3) is 4.67. The molecular weight excluding hydrogens is 473 g/mol. The maximum atomic E-state index is 15.5. The Balaban J connectivity index is 1.88. The minimum Gasteiger partial charge on any atom is -0.490 e. The number of aromatic nitrogens is 3. The summed E-state index contributed by atoms with van der Waals surface area (Å²) in [6.45, 7) is 8.32. The molecular formula is C25H31ClFN5O3. The van der Waals surface area contributed by atoms with Crippen molar-refractivity contribution in [3.8, 4) is 5.75 Å². The second-order valence-corrected chi connectivity index (χ2v) is 9.60. The first kappa shape index (κ1) is 25.2. The monoisotopic (exact) mass is 503 g/mol. The fourth-order valence-corrected chi connectivity index (χ4v) is 4.90. The summed E-state index contributed by atoms with van der Waals surface area (Å²) in [7, 11) is 1.62. The molecule has 1 amide bonds. The highest BCUT2D eigenvalue weighted by Crippen LogP contribution is 2.40. The summed E-state index contributed by atoms with van der Waals surface area (Å²) in [5.41, 5.74) is 7.91. The van der Waals surface area contributed by atoms with Gasteiger partial charge in [-0.25, -0.2) is 14.4 Å². The van der Waals surface area contributed by atoms with Crippen LogP contribution in [0, 0.1) is 12.7 Å². The van der Waals surface area contributed by atoms with E-state index in [4.69, 9.17) is 31.8 Å². The number of anilines is 1. The van der Waals surface area contributed by atoms with Gasteiger partial charge in [-0.05, 0) is 39.7 Å². The molecule has 4 rings (SSSR count). The topological polar surface area (TPSA) is 95.0 Å². The van der Waals surface area contributed by atoms with Crippen LogP contribution in [0.3, 0.4) is 0 Å². The molecule has 35 heavy (non-hydrogen) atoms. The number of nitrogen functional groups attached to an aromatic ring is 1. The standard InChI is InChI=1S/C25H31ClFN5O3/c1-13(2)35-22-17(14(3)24-30-15(4)21-23(28)29-8-10-32(21)24)11-18(26)20(27)19(22)25(33)31-9-6-7-16(12-31)34-5/h8,10-11,13-14,16H,6-7,9,12H2,1-5H3,(H2,28,29)/t14?,16-/m0/s1. The van der Waals surface area contributed by atoms with E-state index in [1.165, 1.54) is 6.07 Å². The second kappa shape index (κ2) is 9.99. The second-order valence-electron chi connectivity index (χ2n) is 9.19. The first-order valence-electron chi connectivity index (χ1n) is 11.7. The highest BCUT2D eigenvalue weighted by molar-refractivity contribution is 6.31. The van der Waals surface area contributed by atoms with Crippen LogP contribution >= 0.6 is 11.6 Å². The first-order valence-corrected chi connectivity index (χ1v) is 12.1. The van der Waals surface area contributed by atoms with E-state index in [9.17, 15) is 4.79 Å². The van der Waals surface area contributed by atoms with Crippen molar-refractivity contribution in [3.63, 3.8) is 0 Å². The largest absolute Gasteiger partial charge is 0.490 e. The molecule has 1 fully saturated rings. The Labute approximate surface area is 209 Å². The van der Waals surface area contributed by atoms with Gasteiger partial charge in [0.25, 0.3) is 5.91 Å². The summed E-state index contributed by atoms with van der Waals surface area (Å²) in [6.07, 6.45) is 4.59. The van der Waals surface area contributed by atoms with Crippen molar-refractivity contribution in [2.24, 2.45) is 0 Å². The van der Waals surface area contributed by atoms with Crippen molar-refractivity contribution in [2.45, 2.75) is 58.7 Å². The molecule has 1 aromatic carbocycles. The molecule has 3 heterocycles. The van der Waals surface area contributed by atoms with Crippen molar-refractivity contribution in [1.29, 1.82) is 0 Å². The fourth-order valence-electron chi connectivity index (χ4n) is 4.69. The molecule has 0 aliphatic carbocycles. The number of carbonyl (C=O) groups is 1. The van der Waals surface area contributed by atoms with Gasteiger partial charge in [-0.15, -0.1) is 0 Å². The van der Waals surface area contributed by atoms with Crippen molar-refractivity contribution in [1.82, 2.24) is 19.3 Å². The molecule has 2 aromatic heterocycles. The average Bonchev–Trinajstić information content (AvgIpc) is 3.18. The van der Waals surface area contributed by atoms with Crippen LogP contribution in [0.25, 0.3) is 5.52 Å². The number of nitrogens with two attached hydrogens (primary N) is 1. The number of amides is 1.